The molecule has 8 heteroatoms. The number of imide groups is 1. The molecule has 7 nitrogen and oxygen atoms in total. The second kappa shape index (κ2) is 10.5. The number of aryl methyl sites for hydroxylation is 1. The summed E-state index contributed by atoms with van der Waals surface area (Å²) in [7, 11) is 1.56. The molecule has 1 N–H and O–H groups in total. The van der Waals surface area contributed by atoms with Crippen molar-refractivity contribution in [2.45, 2.75) is 18.7 Å². The van der Waals surface area contributed by atoms with Crippen LogP contribution in [0.1, 0.15) is 22.8 Å². The number of rotatable bonds is 8. The molecule has 0 saturated heterocycles. The zero-order chi connectivity index (χ0) is 24.9. The Balaban J connectivity index is 1.69. The lowest BCUT2D eigenvalue weighted by Crippen LogP contribution is -2.32. The Bertz CT molecular complexity index is 1300. The fraction of sp³-hybridized carbons (Fsp3) is 0.148. The Labute approximate surface area is 207 Å². The van der Waals surface area contributed by atoms with Gasteiger partial charge < -0.3 is 14.8 Å². The first-order chi connectivity index (χ1) is 16.9. The summed E-state index contributed by atoms with van der Waals surface area (Å²) < 4.78 is 10.3. The van der Waals surface area contributed by atoms with Crippen LogP contribution in [0.2, 0.25) is 0 Å². The number of esters is 1. The molecule has 0 unspecified atom stereocenters. The number of thioether (sulfide) groups is 1. The number of carbonyl (C=O) groups is 3. The summed E-state index contributed by atoms with van der Waals surface area (Å²) >= 11 is 1.22. The van der Waals surface area contributed by atoms with Gasteiger partial charge in [0.2, 0.25) is 0 Å². The van der Waals surface area contributed by atoms with E-state index in [1.807, 2.05) is 31.2 Å². The predicted octanol–water partition coefficient (Wildman–Crippen LogP) is 5.17. The van der Waals surface area contributed by atoms with Gasteiger partial charge in [-0.05, 0) is 62.4 Å². The van der Waals surface area contributed by atoms with Crippen molar-refractivity contribution in [2.24, 2.45) is 0 Å². The van der Waals surface area contributed by atoms with Gasteiger partial charge >= 0.3 is 5.97 Å². The molecule has 35 heavy (non-hydrogen) atoms. The zero-order valence-corrected chi connectivity index (χ0v) is 20.3. The van der Waals surface area contributed by atoms with Crippen LogP contribution in [-0.2, 0) is 14.3 Å². The monoisotopic (exact) mass is 488 g/mol. The number of hydrogen-bond donors (Lipinski definition) is 1. The van der Waals surface area contributed by atoms with Gasteiger partial charge in [-0.25, -0.2) is 9.69 Å². The highest BCUT2D eigenvalue weighted by Gasteiger charge is 2.40. The van der Waals surface area contributed by atoms with E-state index < -0.39 is 17.8 Å². The van der Waals surface area contributed by atoms with Gasteiger partial charge in [-0.15, -0.1) is 0 Å². The number of anilines is 2. The largest absolute Gasteiger partial charge is 0.497 e. The molecule has 0 bridgehead atoms. The summed E-state index contributed by atoms with van der Waals surface area (Å²) in [5, 5.41) is 3.12. The Morgan fingerprint density at radius 3 is 2.34 bits per heavy atom. The van der Waals surface area contributed by atoms with Crippen LogP contribution >= 0.6 is 11.8 Å². The van der Waals surface area contributed by atoms with E-state index in [-0.39, 0.29) is 17.2 Å². The van der Waals surface area contributed by atoms with Gasteiger partial charge in [-0.1, -0.05) is 35.5 Å². The maximum absolute atomic E-state index is 13.5. The van der Waals surface area contributed by atoms with E-state index in [1.165, 1.54) is 23.9 Å². The van der Waals surface area contributed by atoms with E-state index in [9.17, 15) is 14.4 Å². The number of nitrogens with zero attached hydrogens (tertiary/aromatic N) is 1. The molecule has 0 spiro atoms. The highest BCUT2D eigenvalue weighted by Crippen LogP contribution is 2.38. The van der Waals surface area contributed by atoms with Crippen LogP contribution in [0.4, 0.5) is 11.4 Å². The first-order valence-corrected chi connectivity index (χ1v) is 11.8. The second-order valence-electron chi connectivity index (χ2n) is 7.69. The van der Waals surface area contributed by atoms with E-state index in [1.54, 1.807) is 50.4 Å². The van der Waals surface area contributed by atoms with Gasteiger partial charge in [0.25, 0.3) is 11.8 Å². The smallest absolute Gasteiger partial charge is 0.338 e. The quantitative estimate of drug-likeness (QED) is 0.346. The van der Waals surface area contributed by atoms with Crippen molar-refractivity contribution >= 4 is 40.9 Å². The average molecular weight is 489 g/mol. The van der Waals surface area contributed by atoms with Crippen molar-refractivity contribution in [1.82, 2.24) is 0 Å². The molecule has 0 aromatic heterocycles. The first kappa shape index (κ1) is 24.1. The molecule has 0 atom stereocenters. The Hall–Kier alpha value is -4.04. The van der Waals surface area contributed by atoms with Gasteiger partial charge in [-0.2, -0.15) is 0 Å². The molecule has 2 amide bonds. The summed E-state index contributed by atoms with van der Waals surface area (Å²) in [5.41, 5.74) is 2.57. The second-order valence-corrected chi connectivity index (χ2v) is 8.77. The van der Waals surface area contributed by atoms with Gasteiger partial charge in [0, 0.05) is 16.6 Å². The minimum Gasteiger partial charge on any atom is -0.497 e. The standard InChI is InChI=1S/C27H24N2O5S/c1-4-34-27(32)18-10-12-20(13-11-18)29-25(30)23(28-19-6-5-7-21(16-19)33-3)24(26(29)31)35-22-14-8-17(2)9-15-22/h5-16,28H,4H2,1-3H3. The average Bonchev–Trinajstić information content (AvgIpc) is 3.09. The molecule has 4 rings (SSSR count). The summed E-state index contributed by atoms with van der Waals surface area (Å²) in [4.78, 5) is 41.2. The fourth-order valence-corrected chi connectivity index (χ4v) is 4.41. The number of hydrogen-bond acceptors (Lipinski definition) is 7. The van der Waals surface area contributed by atoms with Crippen molar-refractivity contribution in [3.63, 3.8) is 0 Å². The normalized spacial score (nSPS) is 13.3. The number of methoxy groups -OCH3 is 1. The van der Waals surface area contributed by atoms with Crippen LogP contribution in [0.25, 0.3) is 0 Å². The van der Waals surface area contributed by atoms with Crippen molar-refractivity contribution < 1.29 is 23.9 Å². The minimum absolute atomic E-state index is 0.170. The molecule has 178 valence electrons. The molecule has 0 saturated carbocycles. The van der Waals surface area contributed by atoms with Crippen molar-refractivity contribution in [1.29, 1.82) is 0 Å². The van der Waals surface area contributed by atoms with E-state index in [2.05, 4.69) is 5.32 Å². The summed E-state index contributed by atoms with van der Waals surface area (Å²) in [5.74, 6) is -0.787. The maximum Gasteiger partial charge on any atom is 0.338 e. The van der Waals surface area contributed by atoms with E-state index in [0.717, 1.165) is 15.4 Å². The van der Waals surface area contributed by atoms with Gasteiger partial charge in [0.15, 0.2) is 0 Å². The Kier molecular flexibility index (Phi) is 7.22. The summed E-state index contributed by atoms with van der Waals surface area (Å²) in [6, 6.07) is 21.0. The number of ether oxygens (including phenoxy) is 2. The van der Waals surface area contributed by atoms with Gasteiger partial charge in [0.05, 0.1) is 25.0 Å². The van der Waals surface area contributed by atoms with E-state index in [0.29, 0.717) is 22.7 Å². The molecule has 0 aliphatic carbocycles. The van der Waals surface area contributed by atoms with Crippen molar-refractivity contribution in [2.75, 3.05) is 23.9 Å². The van der Waals surface area contributed by atoms with Crippen molar-refractivity contribution in [3.8, 4) is 5.75 Å². The SMILES string of the molecule is CCOC(=O)c1ccc(N2C(=O)C(Nc3cccc(OC)c3)=C(Sc3ccc(C)cc3)C2=O)cc1. The Morgan fingerprint density at radius 2 is 1.69 bits per heavy atom. The summed E-state index contributed by atoms with van der Waals surface area (Å²) in [6.07, 6.45) is 0. The molecule has 3 aromatic carbocycles. The van der Waals surface area contributed by atoms with Gasteiger partial charge in [0.1, 0.15) is 16.4 Å². The molecule has 0 fully saturated rings. The van der Waals surface area contributed by atoms with E-state index >= 15 is 0 Å². The van der Waals surface area contributed by atoms with Crippen LogP contribution in [-0.4, -0.2) is 31.5 Å². The molecular formula is C27H24N2O5S. The highest BCUT2D eigenvalue weighted by atomic mass is 32.2. The third-order valence-corrected chi connectivity index (χ3v) is 6.35. The number of amides is 2. The highest BCUT2D eigenvalue weighted by molar-refractivity contribution is 8.04. The lowest BCUT2D eigenvalue weighted by atomic mass is 10.2. The molecule has 1 aliphatic rings. The molecular weight excluding hydrogens is 464 g/mol. The lowest BCUT2D eigenvalue weighted by Gasteiger charge is -2.16. The molecule has 3 aromatic rings. The molecule has 1 heterocycles. The van der Waals surface area contributed by atoms with Crippen LogP contribution < -0.4 is 15.0 Å². The Morgan fingerprint density at radius 1 is 0.971 bits per heavy atom. The predicted molar refractivity (Wildman–Crippen MR) is 136 cm³/mol. The minimum atomic E-state index is -0.490. The number of nitrogens with one attached hydrogen (secondary N) is 1. The van der Waals surface area contributed by atoms with Gasteiger partial charge in [-0.3, -0.25) is 9.59 Å². The topological polar surface area (TPSA) is 84.9 Å². The zero-order valence-electron chi connectivity index (χ0n) is 19.5. The van der Waals surface area contributed by atoms with Crippen LogP contribution in [0.15, 0.2) is 88.3 Å². The molecule has 0 radical (unpaired) electrons. The van der Waals surface area contributed by atoms with Crippen molar-refractivity contribution in [3.05, 3.63) is 94.5 Å². The lowest BCUT2D eigenvalue weighted by molar-refractivity contribution is -0.120. The number of benzene rings is 3. The third-order valence-electron chi connectivity index (χ3n) is 5.26. The first-order valence-electron chi connectivity index (χ1n) is 11.0. The van der Waals surface area contributed by atoms with Crippen LogP contribution in [0, 0.1) is 6.92 Å². The van der Waals surface area contributed by atoms with Crippen LogP contribution in [0.3, 0.4) is 0 Å². The van der Waals surface area contributed by atoms with E-state index in [4.69, 9.17) is 9.47 Å². The van der Waals surface area contributed by atoms with Crippen LogP contribution in [0.5, 0.6) is 5.75 Å². The number of carbonyl (C=O) groups excluding carboxylic acids is 3. The summed E-state index contributed by atoms with van der Waals surface area (Å²) in [6.45, 7) is 3.96. The fourth-order valence-electron chi connectivity index (χ4n) is 3.48. The third kappa shape index (κ3) is 5.22. The maximum atomic E-state index is 13.5. The molecule has 1 aliphatic heterocycles.